The number of piperidine rings is 1. The van der Waals surface area contributed by atoms with Gasteiger partial charge in [-0.3, -0.25) is 19.8 Å². The SMILES string of the molecule is COc1ccc(Cl)cc1NC(=O)CN1CCCC2(C1)NC(=O)NC2=O. The van der Waals surface area contributed by atoms with E-state index in [4.69, 9.17) is 16.3 Å². The van der Waals surface area contributed by atoms with Gasteiger partial charge in [0, 0.05) is 11.6 Å². The molecule has 0 aromatic heterocycles. The van der Waals surface area contributed by atoms with Crippen LogP contribution in [-0.4, -0.2) is 55.0 Å². The highest BCUT2D eigenvalue weighted by atomic mass is 35.5. The number of benzene rings is 1. The molecule has 1 aromatic carbocycles. The summed E-state index contributed by atoms with van der Waals surface area (Å²) in [6.07, 6.45) is 1.27. The zero-order valence-electron chi connectivity index (χ0n) is 13.7. The standard InChI is InChI=1S/C16H19ClN4O4/c1-25-12-4-3-10(17)7-11(12)18-13(22)8-21-6-2-5-16(9-21)14(23)19-15(24)20-16/h3-4,7H,2,5-6,8-9H2,1H3,(H,18,22)(H2,19,20,23,24). The summed E-state index contributed by atoms with van der Waals surface area (Å²) < 4.78 is 5.21. The van der Waals surface area contributed by atoms with Crippen molar-refractivity contribution in [2.75, 3.05) is 32.1 Å². The fraction of sp³-hybridized carbons (Fsp3) is 0.438. The van der Waals surface area contributed by atoms with Crippen LogP contribution in [0.25, 0.3) is 0 Å². The Labute approximate surface area is 149 Å². The lowest BCUT2D eigenvalue weighted by molar-refractivity contribution is -0.127. The smallest absolute Gasteiger partial charge is 0.322 e. The maximum Gasteiger partial charge on any atom is 0.322 e. The van der Waals surface area contributed by atoms with Gasteiger partial charge in [-0.05, 0) is 37.6 Å². The van der Waals surface area contributed by atoms with Gasteiger partial charge in [0.2, 0.25) is 5.91 Å². The van der Waals surface area contributed by atoms with Gasteiger partial charge in [-0.2, -0.15) is 0 Å². The lowest BCUT2D eigenvalue weighted by Crippen LogP contribution is -2.59. The van der Waals surface area contributed by atoms with Crippen LogP contribution in [0.5, 0.6) is 5.75 Å². The molecule has 1 unspecified atom stereocenters. The Kier molecular flexibility index (Phi) is 4.82. The van der Waals surface area contributed by atoms with Crippen molar-refractivity contribution in [2.24, 2.45) is 0 Å². The summed E-state index contributed by atoms with van der Waals surface area (Å²) in [5.41, 5.74) is -0.456. The number of hydrogen-bond donors (Lipinski definition) is 3. The number of hydrogen-bond acceptors (Lipinski definition) is 5. The Morgan fingerprint density at radius 2 is 2.24 bits per heavy atom. The Hall–Kier alpha value is -2.32. The molecule has 1 atom stereocenters. The third-order valence-electron chi connectivity index (χ3n) is 4.39. The first kappa shape index (κ1) is 17.5. The van der Waals surface area contributed by atoms with Crippen molar-refractivity contribution in [3.8, 4) is 5.75 Å². The van der Waals surface area contributed by atoms with Crippen LogP contribution in [-0.2, 0) is 9.59 Å². The van der Waals surface area contributed by atoms with Crippen LogP contribution < -0.4 is 20.7 Å². The van der Waals surface area contributed by atoms with E-state index in [1.807, 2.05) is 4.90 Å². The molecule has 0 saturated carbocycles. The molecule has 3 N–H and O–H groups in total. The van der Waals surface area contributed by atoms with Crippen LogP contribution in [0.4, 0.5) is 10.5 Å². The highest BCUT2D eigenvalue weighted by Crippen LogP contribution is 2.28. The first-order valence-corrected chi connectivity index (χ1v) is 8.29. The second kappa shape index (κ2) is 6.89. The van der Waals surface area contributed by atoms with Crippen molar-refractivity contribution in [3.63, 3.8) is 0 Å². The molecular weight excluding hydrogens is 348 g/mol. The van der Waals surface area contributed by atoms with Crippen LogP contribution >= 0.6 is 11.6 Å². The molecule has 2 aliphatic heterocycles. The van der Waals surface area contributed by atoms with Crippen molar-refractivity contribution in [3.05, 3.63) is 23.2 Å². The summed E-state index contributed by atoms with van der Waals surface area (Å²) in [6.45, 7) is 1.07. The highest BCUT2D eigenvalue weighted by molar-refractivity contribution is 6.31. The van der Waals surface area contributed by atoms with Gasteiger partial charge in [0.05, 0.1) is 19.3 Å². The fourth-order valence-electron chi connectivity index (χ4n) is 3.27. The van der Waals surface area contributed by atoms with Crippen molar-refractivity contribution in [1.29, 1.82) is 0 Å². The maximum atomic E-state index is 12.4. The van der Waals surface area contributed by atoms with Crippen LogP contribution in [0.3, 0.4) is 0 Å². The topological polar surface area (TPSA) is 99.8 Å². The second-order valence-corrected chi connectivity index (χ2v) is 6.63. The van der Waals surface area contributed by atoms with Crippen LogP contribution in [0.1, 0.15) is 12.8 Å². The number of halogens is 1. The van der Waals surface area contributed by atoms with E-state index in [0.717, 1.165) is 0 Å². The predicted molar refractivity (Wildman–Crippen MR) is 91.7 cm³/mol. The first-order valence-electron chi connectivity index (χ1n) is 7.91. The molecule has 3 rings (SSSR count). The average Bonchev–Trinajstić information content (AvgIpc) is 2.80. The molecule has 2 fully saturated rings. The summed E-state index contributed by atoms with van der Waals surface area (Å²) in [6, 6.07) is 4.47. The number of rotatable bonds is 4. The van der Waals surface area contributed by atoms with Gasteiger partial charge in [-0.15, -0.1) is 0 Å². The number of likely N-dealkylation sites (tertiary alicyclic amines) is 1. The third-order valence-corrected chi connectivity index (χ3v) is 4.62. The molecule has 2 saturated heterocycles. The van der Waals surface area contributed by atoms with E-state index >= 15 is 0 Å². The molecule has 9 heteroatoms. The summed E-state index contributed by atoms with van der Waals surface area (Å²) in [5, 5.41) is 8.21. The Balaban J connectivity index is 1.64. The predicted octanol–water partition coefficient (Wildman–Crippen LogP) is 0.961. The summed E-state index contributed by atoms with van der Waals surface area (Å²) >= 11 is 5.96. The van der Waals surface area contributed by atoms with E-state index < -0.39 is 11.6 Å². The van der Waals surface area contributed by atoms with Crippen molar-refractivity contribution in [1.82, 2.24) is 15.5 Å². The largest absolute Gasteiger partial charge is 0.495 e. The van der Waals surface area contributed by atoms with Crippen LogP contribution in [0.2, 0.25) is 5.02 Å². The fourth-order valence-corrected chi connectivity index (χ4v) is 3.44. The van der Waals surface area contributed by atoms with E-state index in [2.05, 4.69) is 16.0 Å². The lowest BCUT2D eigenvalue weighted by atomic mass is 9.89. The normalized spacial score (nSPS) is 23.3. The molecule has 0 radical (unpaired) electrons. The summed E-state index contributed by atoms with van der Waals surface area (Å²) in [5.74, 6) is -0.0724. The number of nitrogens with zero attached hydrogens (tertiary/aromatic N) is 1. The van der Waals surface area contributed by atoms with Gasteiger partial charge in [-0.25, -0.2) is 4.79 Å². The molecule has 25 heavy (non-hydrogen) atoms. The minimum atomic E-state index is -0.941. The first-order chi connectivity index (χ1) is 11.9. The molecule has 0 bridgehead atoms. The zero-order chi connectivity index (χ0) is 18.0. The van der Waals surface area contributed by atoms with Crippen molar-refractivity contribution < 1.29 is 19.1 Å². The van der Waals surface area contributed by atoms with E-state index in [1.165, 1.54) is 7.11 Å². The number of anilines is 1. The van der Waals surface area contributed by atoms with Gasteiger partial charge < -0.3 is 15.4 Å². The van der Waals surface area contributed by atoms with E-state index in [-0.39, 0.29) is 18.4 Å². The number of methoxy groups -OCH3 is 1. The van der Waals surface area contributed by atoms with Gasteiger partial charge in [0.25, 0.3) is 5.91 Å². The molecule has 134 valence electrons. The Bertz CT molecular complexity index is 726. The van der Waals surface area contributed by atoms with E-state index in [9.17, 15) is 14.4 Å². The number of nitrogens with one attached hydrogen (secondary N) is 3. The van der Waals surface area contributed by atoms with Crippen LogP contribution in [0.15, 0.2) is 18.2 Å². The minimum Gasteiger partial charge on any atom is -0.495 e. The molecule has 0 aliphatic carbocycles. The Morgan fingerprint density at radius 1 is 1.44 bits per heavy atom. The van der Waals surface area contributed by atoms with Crippen LogP contribution in [0, 0.1) is 0 Å². The third kappa shape index (κ3) is 3.69. The molecular formula is C16H19ClN4O4. The van der Waals surface area contributed by atoms with Crippen molar-refractivity contribution >= 4 is 35.1 Å². The van der Waals surface area contributed by atoms with Gasteiger partial charge >= 0.3 is 6.03 Å². The quantitative estimate of drug-likeness (QED) is 0.689. The number of urea groups is 1. The van der Waals surface area contributed by atoms with E-state index in [1.54, 1.807) is 18.2 Å². The monoisotopic (exact) mass is 366 g/mol. The number of amides is 4. The maximum absolute atomic E-state index is 12.4. The zero-order valence-corrected chi connectivity index (χ0v) is 14.5. The number of carbonyl (C=O) groups excluding carboxylic acids is 3. The minimum absolute atomic E-state index is 0.0978. The second-order valence-electron chi connectivity index (χ2n) is 6.20. The number of imide groups is 1. The summed E-state index contributed by atoms with van der Waals surface area (Å²) in [4.78, 5) is 37.7. The average molecular weight is 367 g/mol. The molecule has 1 spiro atoms. The highest BCUT2D eigenvalue weighted by Gasteiger charge is 2.48. The lowest BCUT2D eigenvalue weighted by Gasteiger charge is -2.37. The molecule has 1 aromatic rings. The molecule has 4 amide bonds. The summed E-state index contributed by atoms with van der Waals surface area (Å²) in [7, 11) is 1.51. The Morgan fingerprint density at radius 3 is 2.92 bits per heavy atom. The van der Waals surface area contributed by atoms with Gasteiger partial charge in [0.15, 0.2) is 0 Å². The molecule has 2 heterocycles. The number of carbonyl (C=O) groups is 3. The molecule has 8 nitrogen and oxygen atoms in total. The van der Waals surface area contributed by atoms with Gasteiger partial charge in [0.1, 0.15) is 11.3 Å². The number of ether oxygens (including phenoxy) is 1. The molecule has 2 aliphatic rings. The van der Waals surface area contributed by atoms with Gasteiger partial charge in [-0.1, -0.05) is 11.6 Å². The van der Waals surface area contributed by atoms with Crippen molar-refractivity contribution in [2.45, 2.75) is 18.4 Å². The van der Waals surface area contributed by atoms with E-state index in [0.29, 0.717) is 42.4 Å².